The molecule has 1 aromatic carbocycles. The number of carbonyl (C=O) groups is 1. The topological polar surface area (TPSA) is 20.3 Å². The maximum atomic E-state index is 12.6. The van der Waals surface area contributed by atoms with Crippen LogP contribution in [0.3, 0.4) is 0 Å². The Kier molecular flexibility index (Phi) is 4.67. The van der Waals surface area contributed by atoms with Crippen molar-refractivity contribution in [1.29, 1.82) is 0 Å². The summed E-state index contributed by atoms with van der Waals surface area (Å²) in [5.41, 5.74) is 1.93. The van der Waals surface area contributed by atoms with Gasteiger partial charge in [0.2, 0.25) is 0 Å². The van der Waals surface area contributed by atoms with Crippen LogP contribution in [0.25, 0.3) is 0 Å². The first-order valence-electron chi connectivity index (χ1n) is 7.02. The molecule has 1 aliphatic carbocycles. The largest absolute Gasteiger partial charge is 0.339 e. The van der Waals surface area contributed by atoms with Crippen molar-refractivity contribution in [1.82, 2.24) is 4.90 Å². The van der Waals surface area contributed by atoms with Crippen molar-refractivity contribution < 1.29 is 4.79 Å². The molecule has 0 atom stereocenters. The fraction of sp³-hybridized carbons (Fsp3) is 0.562. The zero-order valence-corrected chi connectivity index (χ0v) is 13.5. The van der Waals surface area contributed by atoms with E-state index in [-0.39, 0.29) is 5.91 Å². The summed E-state index contributed by atoms with van der Waals surface area (Å²) in [5, 5.41) is 0. The quantitative estimate of drug-likeness (QED) is 0.789. The van der Waals surface area contributed by atoms with E-state index in [2.05, 4.69) is 22.9 Å². The summed E-state index contributed by atoms with van der Waals surface area (Å²) in [4.78, 5) is 14.5. The first-order chi connectivity index (χ1) is 8.99. The number of amides is 1. The molecule has 1 saturated carbocycles. The van der Waals surface area contributed by atoms with Crippen LogP contribution in [0.1, 0.15) is 48.5 Å². The molecule has 2 nitrogen and oxygen atoms in total. The van der Waals surface area contributed by atoms with E-state index in [1.165, 1.54) is 12.8 Å². The zero-order chi connectivity index (χ0) is 14.0. The van der Waals surface area contributed by atoms with Gasteiger partial charge in [-0.2, -0.15) is 0 Å². The van der Waals surface area contributed by atoms with Gasteiger partial charge >= 0.3 is 0 Å². The Bertz CT molecular complexity index is 464. The van der Waals surface area contributed by atoms with Crippen molar-refractivity contribution in [2.45, 2.75) is 45.6 Å². The SMILES string of the molecule is Cc1ccc(C(=O)N(C)C2CCC(C)CC2)c(Br)c1. The van der Waals surface area contributed by atoms with Crippen molar-refractivity contribution >= 4 is 21.8 Å². The maximum Gasteiger partial charge on any atom is 0.254 e. The van der Waals surface area contributed by atoms with Gasteiger partial charge in [-0.25, -0.2) is 0 Å². The van der Waals surface area contributed by atoms with Crippen LogP contribution in [0.15, 0.2) is 22.7 Å². The van der Waals surface area contributed by atoms with Crippen LogP contribution in [0, 0.1) is 12.8 Å². The van der Waals surface area contributed by atoms with Crippen LogP contribution in [0.5, 0.6) is 0 Å². The van der Waals surface area contributed by atoms with Gasteiger partial charge in [0.1, 0.15) is 0 Å². The molecule has 0 radical (unpaired) electrons. The fourth-order valence-electron chi connectivity index (χ4n) is 2.78. The van der Waals surface area contributed by atoms with E-state index in [9.17, 15) is 4.79 Å². The molecule has 19 heavy (non-hydrogen) atoms. The lowest BCUT2D eigenvalue weighted by molar-refractivity contribution is 0.0678. The minimum absolute atomic E-state index is 0.131. The van der Waals surface area contributed by atoms with E-state index in [0.717, 1.165) is 34.4 Å². The third-order valence-corrected chi connectivity index (χ3v) is 4.86. The van der Waals surface area contributed by atoms with E-state index >= 15 is 0 Å². The van der Waals surface area contributed by atoms with E-state index in [1.807, 2.05) is 37.1 Å². The Morgan fingerprint density at radius 2 is 1.89 bits per heavy atom. The first-order valence-corrected chi connectivity index (χ1v) is 7.81. The molecule has 0 N–H and O–H groups in total. The van der Waals surface area contributed by atoms with E-state index < -0.39 is 0 Å². The van der Waals surface area contributed by atoms with Crippen LogP contribution in [-0.2, 0) is 0 Å². The molecule has 1 amide bonds. The Balaban J connectivity index is 2.10. The van der Waals surface area contributed by atoms with Crippen molar-refractivity contribution in [3.05, 3.63) is 33.8 Å². The summed E-state index contributed by atoms with van der Waals surface area (Å²) >= 11 is 3.50. The van der Waals surface area contributed by atoms with Gasteiger partial charge in [0.25, 0.3) is 5.91 Å². The second kappa shape index (κ2) is 6.08. The van der Waals surface area contributed by atoms with Gasteiger partial charge < -0.3 is 4.90 Å². The number of aryl methyl sites for hydroxylation is 1. The number of benzene rings is 1. The molecular formula is C16H22BrNO. The summed E-state index contributed by atoms with van der Waals surface area (Å²) in [6.45, 7) is 4.33. The van der Waals surface area contributed by atoms with Crippen molar-refractivity contribution in [3.63, 3.8) is 0 Å². The third-order valence-electron chi connectivity index (χ3n) is 4.21. The van der Waals surface area contributed by atoms with Crippen LogP contribution in [-0.4, -0.2) is 23.9 Å². The smallest absolute Gasteiger partial charge is 0.254 e. The van der Waals surface area contributed by atoms with Crippen molar-refractivity contribution in [2.75, 3.05) is 7.05 Å². The Hall–Kier alpha value is -0.830. The van der Waals surface area contributed by atoms with Crippen LogP contribution < -0.4 is 0 Å². The molecule has 0 heterocycles. The normalized spacial score (nSPS) is 23.2. The lowest BCUT2D eigenvalue weighted by Gasteiger charge is -2.33. The fourth-order valence-corrected chi connectivity index (χ4v) is 3.44. The summed E-state index contributed by atoms with van der Waals surface area (Å²) in [7, 11) is 1.94. The van der Waals surface area contributed by atoms with E-state index in [1.54, 1.807) is 0 Å². The number of hydrogen-bond acceptors (Lipinski definition) is 1. The average Bonchev–Trinajstić information content (AvgIpc) is 2.38. The molecule has 1 aromatic rings. The molecule has 1 fully saturated rings. The molecule has 0 aliphatic heterocycles. The lowest BCUT2D eigenvalue weighted by atomic mass is 9.86. The predicted octanol–water partition coefficient (Wildman–Crippen LogP) is 4.41. The highest BCUT2D eigenvalue weighted by atomic mass is 79.9. The van der Waals surface area contributed by atoms with Crippen LogP contribution in [0.4, 0.5) is 0 Å². The summed E-state index contributed by atoms with van der Waals surface area (Å²) in [6, 6.07) is 6.32. The van der Waals surface area contributed by atoms with Crippen LogP contribution in [0.2, 0.25) is 0 Å². The van der Waals surface area contributed by atoms with Gasteiger partial charge in [0.15, 0.2) is 0 Å². The Labute approximate surface area is 124 Å². The molecule has 0 unspecified atom stereocenters. The zero-order valence-electron chi connectivity index (χ0n) is 11.9. The number of halogens is 1. The molecule has 1 aliphatic rings. The summed E-state index contributed by atoms with van der Waals surface area (Å²) < 4.78 is 0.897. The van der Waals surface area contributed by atoms with Gasteiger partial charge in [-0.15, -0.1) is 0 Å². The van der Waals surface area contributed by atoms with Gasteiger partial charge in [0.05, 0.1) is 5.56 Å². The highest BCUT2D eigenvalue weighted by Gasteiger charge is 2.26. The molecule has 0 saturated heterocycles. The standard InChI is InChI=1S/C16H22BrNO/c1-11-4-7-13(8-5-11)18(3)16(19)14-9-6-12(2)10-15(14)17/h6,9-11,13H,4-5,7-8H2,1-3H3. The predicted molar refractivity (Wildman–Crippen MR) is 82.4 cm³/mol. The van der Waals surface area contributed by atoms with E-state index in [0.29, 0.717) is 6.04 Å². The molecule has 3 heteroatoms. The number of rotatable bonds is 2. The lowest BCUT2D eigenvalue weighted by Crippen LogP contribution is -2.39. The second-order valence-corrected chi connectivity index (χ2v) is 6.67. The van der Waals surface area contributed by atoms with Gasteiger partial charge in [-0.3, -0.25) is 4.79 Å². The van der Waals surface area contributed by atoms with Gasteiger partial charge in [-0.05, 0) is 72.2 Å². The minimum atomic E-state index is 0.131. The number of carbonyl (C=O) groups excluding carboxylic acids is 1. The van der Waals surface area contributed by atoms with Crippen molar-refractivity contribution in [2.24, 2.45) is 5.92 Å². The van der Waals surface area contributed by atoms with Crippen molar-refractivity contribution in [3.8, 4) is 0 Å². The highest BCUT2D eigenvalue weighted by Crippen LogP contribution is 2.28. The number of nitrogens with zero attached hydrogens (tertiary/aromatic N) is 1. The highest BCUT2D eigenvalue weighted by molar-refractivity contribution is 9.10. The summed E-state index contributed by atoms with van der Waals surface area (Å²) in [6.07, 6.45) is 4.73. The Morgan fingerprint density at radius 1 is 1.26 bits per heavy atom. The molecule has 0 aromatic heterocycles. The molecule has 0 spiro atoms. The van der Waals surface area contributed by atoms with Gasteiger partial charge in [-0.1, -0.05) is 13.0 Å². The van der Waals surface area contributed by atoms with Crippen LogP contribution >= 0.6 is 15.9 Å². The molecular weight excluding hydrogens is 302 g/mol. The van der Waals surface area contributed by atoms with E-state index in [4.69, 9.17) is 0 Å². The second-order valence-electron chi connectivity index (χ2n) is 5.81. The number of hydrogen-bond donors (Lipinski definition) is 0. The third kappa shape index (κ3) is 3.38. The first kappa shape index (κ1) is 14.6. The molecule has 0 bridgehead atoms. The monoisotopic (exact) mass is 323 g/mol. The average molecular weight is 324 g/mol. The molecule has 2 rings (SSSR count). The molecule has 104 valence electrons. The summed E-state index contributed by atoms with van der Waals surface area (Å²) in [5.74, 6) is 0.942. The minimum Gasteiger partial charge on any atom is -0.339 e. The van der Waals surface area contributed by atoms with Gasteiger partial charge in [0, 0.05) is 17.6 Å². The Morgan fingerprint density at radius 3 is 2.47 bits per heavy atom. The maximum absolute atomic E-state index is 12.6.